The van der Waals surface area contributed by atoms with Crippen molar-refractivity contribution in [1.82, 2.24) is 15.3 Å². The maximum absolute atomic E-state index is 12.1. The highest BCUT2D eigenvalue weighted by Gasteiger charge is 2.09. The van der Waals surface area contributed by atoms with Gasteiger partial charge in [-0.1, -0.05) is 23.7 Å². The number of hydrogen-bond acceptors (Lipinski definition) is 5. The van der Waals surface area contributed by atoms with Crippen LogP contribution in [0.4, 0.5) is 0 Å². The number of halogens is 1. The summed E-state index contributed by atoms with van der Waals surface area (Å²) in [6.45, 7) is 2.01. The van der Waals surface area contributed by atoms with E-state index >= 15 is 0 Å². The molecule has 34 heavy (non-hydrogen) atoms. The number of amides is 1. The summed E-state index contributed by atoms with van der Waals surface area (Å²) in [6, 6.07) is 21.1. The Morgan fingerprint density at radius 2 is 1.82 bits per heavy atom. The van der Waals surface area contributed by atoms with Crippen molar-refractivity contribution in [2.45, 2.75) is 13.5 Å². The van der Waals surface area contributed by atoms with Crippen molar-refractivity contribution in [2.24, 2.45) is 0 Å². The summed E-state index contributed by atoms with van der Waals surface area (Å²) in [6.07, 6.45) is 0. The highest BCUT2D eigenvalue weighted by molar-refractivity contribution is 6.30. The number of phenols is 1. The van der Waals surface area contributed by atoms with Crippen molar-refractivity contribution >= 4 is 17.5 Å². The molecule has 0 spiro atoms. The number of carbonyl (C=O) groups excluding carboxylic acids is 1. The van der Waals surface area contributed by atoms with Crippen LogP contribution in [-0.2, 0) is 11.3 Å². The lowest BCUT2D eigenvalue weighted by molar-refractivity contribution is -0.123. The number of phenolic OH excluding ortho intramolecular Hbond substituents is 1. The van der Waals surface area contributed by atoms with E-state index in [0.29, 0.717) is 34.3 Å². The number of hydrogen-bond donors (Lipinski definition) is 3. The number of nitrogens with zero attached hydrogens (tertiary/aromatic N) is 1. The molecule has 3 N–H and O–H groups in total. The molecular formula is C26H22ClN3O4. The number of nitrogens with one attached hydrogen (secondary N) is 2. The van der Waals surface area contributed by atoms with E-state index in [1.165, 1.54) is 0 Å². The number of aromatic nitrogens is 2. The molecular weight excluding hydrogens is 454 g/mol. The first-order valence-electron chi connectivity index (χ1n) is 10.5. The second kappa shape index (κ2) is 10.2. The van der Waals surface area contributed by atoms with E-state index in [-0.39, 0.29) is 18.3 Å². The predicted octanol–water partition coefficient (Wildman–Crippen LogP) is 4.47. The highest BCUT2D eigenvalue weighted by Crippen LogP contribution is 2.26. The maximum atomic E-state index is 12.1. The summed E-state index contributed by atoms with van der Waals surface area (Å²) in [5, 5.41) is 13.1. The third-order valence-electron chi connectivity index (χ3n) is 5.15. The Morgan fingerprint density at radius 1 is 1.06 bits per heavy atom. The fraction of sp³-hybridized carbons (Fsp3) is 0.115. The predicted molar refractivity (Wildman–Crippen MR) is 131 cm³/mol. The van der Waals surface area contributed by atoms with Crippen molar-refractivity contribution in [2.75, 3.05) is 6.61 Å². The van der Waals surface area contributed by atoms with Gasteiger partial charge in [0.25, 0.3) is 5.91 Å². The number of rotatable bonds is 7. The molecule has 0 fully saturated rings. The summed E-state index contributed by atoms with van der Waals surface area (Å²) in [7, 11) is 0. The van der Waals surface area contributed by atoms with Crippen LogP contribution in [0.5, 0.6) is 11.5 Å². The minimum atomic E-state index is -0.477. The molecule has 0 radical (unpaired) electrons. The molecule has 0 atom stereocenters. The smallest absolute Gasteiger partial charge is 0.345 e. The zero-order valence-corrected chi connectivity index (χ0v) is 19.1. The SMILES string of the molecule is Cc1cc(-c2cc(-c3ccc(OCC(=O)NCc4cccc(Cl)c4)cc3)[nH]c(=O)n2)ccc1O. The average molecular weight is 476 g/mol. The Morgan fingerprint density at radius 3 is 2.56 bits per heavy atom. The average Bonchev–Trinajstić information content (AvgIpc) is 2.83. The second-order valence-electron chi connectivity index (χ2n) is 7.71. The molecule has 4 rings (SSSR count). The third kappa shape index (κ3) is 5.82. The van der Waals surface area contributed by atoms with Crippen LogP contribution >= 0.6 is 11.6 Å². The first kappa shape index (κ1) is 23.1. The molecule has 0 unspecified atom stereocenters. The first-order valence-corrected chi connectivity index (χ1v) is 10.9. The number of aromatic hydroxyl groups is 1. The molecule has 3 aromatic carbocycles. The summed E-state index contributed by atoms with van der Waals surface area (Å²) >= 11 is 5.95. The van der Waals surface area contributed by atoms with E-state index in [1.54, 1.807) is 67.6 Å². The fourth-order valence-corrected chi connectivity index (χ4v) is 3.57. The molecule has 1 heterocycles. The molecule has 0 aliphatic heterocycles. The van der Waals surface area contributed by atoms with Crippen molar-refractivity contribution in [3.8, 4) is 34.0 Å². The molecule has 0 bridgehead atoms. The summed E-state index contributed by atoms with van der Waals surface area (Å²) in [5.74, 6) is 0.450. The van der Waals surface area contributed by atoms with Crippen molar-refractivity contribution in [3.63, 3.8) is 0 Å². The van der Waals surface area contributed by atoms with Gasteiger partial charge >= 0.3 is 5.69 Å². The standard InChI is InChI=1S/C26H22ClN3O4/c1-16-11-19(7-10-24(16)31)23-13-22(29-26(33)30-23)18-5-8-21(9-6-18)34-15-25(32)28-14-17-3-2-4-20(27)12-17/h2-13,31H,14-15H2,1H3,(H,28,32)(H,29,30,33). The molecule has 0 saturated carbocycles. The quantitative estimate of drug-likeness (QED) is 0.366. The number of aromatic amines is 1. The molecule has 8 heteroatoms. The third-order valence-corrected chi connectivity index (χ3v) is 5.39. The zero-order valence-electron chi connectivity index (χ0n) is 18.3. The number of benzene rings is 3. The fourth-order valence-electron chi connectivity index (χ4n) is 3.35. The minimum Gasteiger partial charge on any atom is -0.508 e. The van der Waals surface area contributed by atoms with E-state index in [2.05, 4.69) is 15.3 Å². The van der Waals surface area contributed by atoms with Crippen LogP contribution in [-0.4, -0.2) is 27.6 Å². The Balaban J connectivity index is 1.40. The summed E-state index contributed by atoms with van der Waals surface area (Å²) < 4.78 is 5.57. The van der Waals surface area contributed by atoms with Crippen LogP contribution < -0.4 is 15.7 Å². The second-order valence-corrected chi connectivity index (χ2v) is 8.14. The van der Waals surface area contributed by atoms with Gasteiger partial charge in [-0.05, 0) is 84.3 Å². The van der Waals surface area contributed by atoms with Gasteiger partial charge in [-0.3, -0.25) is 4.79 Å². The van der Waals surface area contributed by atoms with Crippen LogP contribution in [0.3, 0.4) is 0 Å². The minimum absolute atomic E-state index is 0.129. The van der Waals surface area contributed by atoms with Crippen molar-refractivity contribution in [1.29, 1.82) is 0 Å². The zero-order chi connectivity index (χ0) is 24.1. The van der Waals surface area contributed by atoms with Crippen LogP contribution in [0.25, 0.3) is 22.5 Å². The molecule has 4 aromatic rings. The van der Waals surface area contributed by atoms with E-state index in [0.717, 1.165) is 16.7 Å². The van der Waals surface area contributed by atoms with Gasteiger partial charge in [0.1, 0.15) is 11.5 Å². The Kier molecular flexibility index (Phi) is 6.94. The molecule has 1 aromatic heterocycles. The van der Waals surface area contributed by atoms with E-state index in [4.69, 9.17) is 16.3 Å². The van der Waals surface area contributed by atoms with Gasteiger partial charge in [0.05, 0.1) is 11.4 Å². The number of aryl methyl sites for hydroxylation is 1. The lowest BCUT2D eigenvalue weighted by Crippen LogP contribution is -2.28. The highest BCUT2D eigenvalue weighted by atomic mass is 35.5. The van der Waals surface area contributed by atoms with Gasteiger partial charge < -0.3 is 20.1 Å². The van der Waals surface area contributed by atoms with E-state index in [1.807, 2.05) is 12.1 Å². The van der Waals surface area contributed by atoms with Gasteiger partial charge in [-0.25, -0.2) is 4.79 Å². The van der Waals surface area contributed by atoms with E-state index < -0.39 is 5.69 Å². The summed E-state index contributed by atoms with van der Waals surface area (Å²) in [5.41, 5.74) is 3.69. The number of carbonyl (C=O) groups is 1. The molecule has 172 valence electrons. The van der Waals surface area contributed by atoms with Crippen molar-refractivity contribution in [3.05, 3.63) is 99.4 Å². The van der Waals surface area contributed by atoms with Crippen molar-refractivity contribution < 1.29 is 14.6 Å². The van der Waals surface area contributed by atoms with Crippen LogP contribution in [0, 0.1) is 6.92 Å². The largest absolute Gasteiger partial charge is 0.508 e. The molecule has 0 saturated heterocycles. The number of ether oxygens (including phenoxy) is 1. The lowest BCUT2D eigenvalue weighted by Gasteiger charge is -2.09. The van der Waals surface area contributed by atoms with Crippen LogP contribution in [0.1, 0.15) is 11.1 Å². The van der Waals surface area contributed by atoms with E-state index in [9.17, 15) is 14.7 Å². The molecule has 1 amide bonds. The molecule has 0 aliphatic rings. The normalized spacial score (nSPS) is 10.6. The van der Waals surface area contributed by atoms with Gasteiger partial charge in [-0.15, -0.1) is 0 Å². The Labute approximate surface area is 201 Å². The molecule has 7 nitrogen and oxygen atoms in total. The van der Waals surface area contributed by atoms with Gasteiger partial charge in [-0.2, -0.15) is 4.98 Å². The molecule has 0 aliphatic carbocycles. The maximum Gasteiger partial charge on any atom is 0.345 e. The number of H-pyrrole nitrogens is 1. The van der Waals surface area contributed by atoms with Crippen LogP contribution in [0.2, 0.25) is 5.02 Å². The van der Waals surface area contributed by atoms with Gasteiger partial charge in [0.15, 0.2) is 6.61 Å². The monoisotopic (exact) mass is 475 g/mol. The lowest BCUT2D eigenvalue weighted by atomic mass is 10.1. The van der Waals surface area contributed by atoms with Crippen LogP contribution in [0.15, 0.2) is 77.6 Å². The summed E-state index contributed by atoms with van der Waals surface area (Å²) in [4.78, 5) is 31.0. The van der Waals surface area contributed by atoms with Gasteiger partial charge in [0.2, 0.25) is 0 Å². The van der Waals surface area contributed by atoms with Gasteiger partial charge in [0, 0.05) is 17.1 Å². The Bertz CT molecular complexity index is 1380. The first-order chi connectivity index (χ1) is 16.4. The topological polar surface area (TPSA) is 104 Å². The Hall–Kier alpha value is -4.10.